The Bertz CT molecular complexity index is 1130. The number of carbonyl (C=O) groups is 2. The maximum absolute atomic E-state index is 12.8. The van der Waals surface area contributed by atoms with Gasteiger partial charge in [0.1, 0.15) is 6.61 Å². The minimum Gasteiger partial charge on any atom is -0.462 e. The standard InChI is InChI=1S/C55H94O5/c1-4-7-10-13-16-19-22-25-27-29-32-35-38-41-44-47-50-58-51-53(60-55(57)49-46-43-40-37-34-30-24-21-18-15-12-9-6-3)52-59-54(56)48-45-42-39-36-33-31-28-26-23-20-17-14-11-8-5-2/h7,10,12,15-17,19-21,24-28,53H,4-6,8-9,11,13-14,18,22-23,29-52H2,1-3H3/b10-7-,15-12-,19-16-,20-17-,24-21-,27-25-,28-26-. The number of allylic oxidation sites excluding steroid dienone is 14. The molecular formula is C55H94O5. The molecule has 0 rings (SSSR count). The summed E-state index contributed by atoms with van der Waals surface area (Å²) in [4.78, 5) is 25.4. The van der Waals surface area contributed by atoms with E-state index in [2.05, 4.69) is 106 Å². The molecule has 344 valence electrons. The summed E-state index contributed by atoms with van der Waals surface area (Å²) in [5, 5.41) is 0. The lowest BCUT2D eigenvalue weighted by molar-refractivity contribution is -0.163. The molecule has 0 saturated carbocycles. The van der Waals surface area contributed by atoms with E-state index in [0.717, 1.165) is 109 Å². The van der Waals surface area contributed by atoms with Crippen LogP contribution in [0.1, 0.15) is 226 Å². The summed E-state index contributed by atoms with van der Waals surface area (Å²) in [7, 11) is 0. The summed E-state index contributed by atoms with van der Waals surface area (Å²) in [6.07, 6.45) is 65.8. The lowest BCUT2D eigenvalue weighted by Gasteiger charge is -2.18. The zero-order valence-electron chi connectivity index (χ0n) is 39.5. The molecule has 0 aromatic carbocycles. The Morgan fingerprint density at radius 2 is 0.783 bits per heavy atom. The predicted octanol–water partition coefficient (Wildman–Crippen LogP) is 16.9. The molecule has 0 aliphatic heterocycles. The first kappa shape index (κ1) is 57.1. The van der Waals surface area contributed by atoms with Gasteiger partial charge in [0.2, 0.25) is 0 Å². The van der Waals surface area contributed by atoms with E-state index in [0.29, 0.717) is 19.4 Å². The molecule has 5 heteroatoms. The molecule has 5 nitrogen and oxygen atoms in total. The Morgan fingerprint density at radius 3 is 1.27 bits per heavy atom. The number of unbranched alkanes of at least 4 members (excludes halogenated alkanes) is 20. The first-order valence-corrected chi connectivity index (χ1v) is 25.1. The molecule has 60 heavy (non-hydrogen) atoms. The van der Waals surface area contributed by atoms with Crippen molar-refractivity contribution in [1.82, 2.24) is 0 Å². The molecule has 0 fully saturated rings. The van der Waals surface area contributed by atoms with E-state index >= 15 is 0 Å². The zero-order chi connectivity index (χ0) is 43.5. The molecule has 0 aromatic heterocycles. The molecule has 1 unspecified atom stereocenters. The molecule has 1 atom stereocenters. The molecular weight excluding hydrogens is 741 g/mol. The van der Waals surface area contributed by atoms with E-state index in [1.807, 2.05) is 0 Å². The molecule has 0 aromatic rings. The monoisotopic (exact) mass is 835 g/mol. The van der Waals surface area contributed by atoms with Crippen LogP contribution in [-0.2, 0) is 23.8 Å². The first-order valence-electron chi connectivity index (χ1n) is 25.1. The summed E-state index contributed by atoms with van der Waals surface area (Å²) in [5.41, 5.74) is 0. The average Bonchev–Trinajstić information content (AvgIpc) is 3.25. The lowest BCUT2D eigenvalue weighted by Crippen LogP contribution is -2.30. The minimum atomic E-state index is -0.559. The summed E-state index contributed by atoms with van der Waals surface area (Å²) >= 11 is 0. The molecule has 0 saturated heterocycles. The van der Waals surface area contributed by atoms with Gasteiger partial charge in [-0.05, 0) is 109 Å². The molecule has 0 spiro atoms. The Balaban J connectivity index is 4.34. The van der Waals surface area contributed by atoms with Crippen LogP contribution < -0.4 is 0 Å². The number of carbonyl (C=O) groups excluding carboxylic acids is 2. The van der Waals surface area contributed by atoms with Crippen LogP contribution in [0.15, 0.2) is 85.1 Å². The number of hydrogen-bond acceptors (Lipinski definition) is 5. The Labute approximate surface area is 371 Å². The van der Waals surface area contributed by atoms with Crippen LogP contribution >= 0.6 is 0 Å². The second-order valence-electron chi connectivity index (χ2n) is 16.3. The Morgan fingerprint density at radius 1 is 0.383 bits per heavy atom. The highest BCUT2D eigenvalue weighted by Crippen LogP contribution is 2.13. The van der Waals surface area contributed by atoms with E-state index in [-0.39, 0.29) is 25.2 Å². The summed E-state index contributed by atoms with van der Waals surface area (Å²) in [6.45, 7) is 7.57. The van der Waals surface area contributed by atoms with Crippen molar-refractivity contribution in [3.05, 3.63) is 85.1 Å². The third-order valence-corrected chi connectivity index (χ3v) is 10.4. The van der Waals surface area contributed by atoms with Gasteiger partial charge in [-0.15, -0.1) is 0 Å². The van der Waals surface area contributed by atoms with Crippen molar-refractivity contribution in [3.8, 4) is 0 Å². The van der Waals surface area contributed by atoms with Crippen LogP contribution in [0.3, 0.4) is 0 Å². The molecule has 0 bridgehead atoms. The summed E-state index contributed by atoms with van der Waals surface area (Å²) in [5.74, 6) is -0.439. The molecule has 0 heterocycles. The fourth-order valence-electron chi connectivity index (χ4n) is 6.65. The van der Waals surface area contributed by atoms with Crippen molar-refractivity contribution < 1.29 is 23.8 Å². The van der Waals surface area contributed by atoms with Crippen molar-refractivity contribution >= 4 is 11.9 Å². The van der Waals surface area contributed by atoms with Gasteiger partial charge in [-0.3, -0.25) is 9.59 Å². The van der Waals surface area contributed by atoms with Crippen LogP contribution in [0.4, 0.5) is 0 Å². The van der Waals surface area contributed by atoms with Gasteiger partial charge in [-0.2, -0.15) is 0 Å². The quantitative estimate of drug-likeness (QED) is 0.0347. The van der Waals surface area contributed by atoms with E-state index in [1.54, 1.807) is 0 Å². The van der Waals surface area contributed by atoms with Gasteiger partial charge >= 0.3 is 11.9 Å². The second-order valence-corrected chi connectivity index (χ2v) is 16.3. The maximum Gasteiger partial charge on any atom is 0.306 e. The van der Waals surface area contributed by atoms with Gasteiger partial charge in [-0.25, -0.2) is 0 Å². The van der Waals surface area contributed by atoms with E-state index < -0.39 is 6.10 Å². The normalized spacial score (nSPS) is 12.9. The van der Waals surface area contributed by atoms with Gasteiger partial charge in [0, 0.05) is 19.4 Å². The van der Waals surface area contributed by atoms with Crippen LogP contribution in [-0.4, -0.2) is 37.9 Å². The number of rotatable bonds is 45. The average molecular weight is 835 g/mol. The molecule has 0 amide bonds. The van der Waals surface area contributed by atoms with Crippen molar-refractivity contribution in [2.45, 2.75) is 232 Å². The van der Waals surface area contributed by atoms with Gasteiger partial charge in [0.05, 0.1) is 6.61 Å². The molecule has 0 aliphatic rings. The van der Waals surface area contributed by atoms with Crippen LogP contribution in [0.2, 0.25) is 0 Å². The fraction of sp³-hybridized carbons (Fsp3) is 0.709. The molecule has 0 N–H and O–H groups in total. The summed E-state index contributed by atoms with van der Waals surface area (Å²) < 4.78 is 17.4. The smallest absolute Gasteiger partial charge is 0.306 e. The Hall–Kier alpha value is -2.92. The van der Waals surface area contributed by atoms with E-state index in [1.165, 1.54) is 83.5 Å². The minimum absolute atomic E-state index is 0.0633. The molecule has 0 radical (unpaired) electrons. The third kappa shape index (κ3) is 47.8. The van der Waals surface area contributed by atoms with Crippen molar-refractivity contribution in [3.63, 3.8) is 0 Å². The SMILES string of the molecule is CC/C=C\C/C=C\C/C=C\CCCCCCCCOCC(COC(=O)CCCCCCC/C=C\C/C=C\CCCCC)OC(=O)CCCCCCC/C=C\C/C=C\CCC. The molecule has 0 aliphatic carbocycles. The highest BCUT2D eigenvalue weighted by Gasteiger charge is 2.17. The largest absolute Gasteiger partial charge is 0.462 e. The second kappa shape index (κ2) is 50.4. The number of ether oxygens (including phenoxy) is 3. The van der Waals surface area contributed by atoms with Crippen molar-refractivity contribution in [2.24, 2.45) is 0 Å². The van der Waals surface area contributed by atoms with Crippen molar-refractivity contribution in [1.29, 1.82) is 0 Å². The third-order valence-electron chi connectivity index (χ3n) is 10.4. The maximum atomic E-state index is 12.8. The predicted molar refractivity (Wildman–Crippen MR) is 260 cm³/mol. The van der Waals surface area contributed by atoms with Gasteiger partial charge in [-0.1, -0.05) is 189 Å². The number of hydrogen-bond donors (Lipinski definition) is 0. The fourth-order valence-corrected chi connectivity index (χ4v) is 6.65. The van der Waals surface area contributed by atoms with E-state index in [4.69, 9.17) is 14.2 Å². The highest BCUT2D eigenvalue weighted by atomic mass is 16.6. The Kier molecular flexibility index (Phi) is 48.0. The van der Waals surface area contributed by atoms with Crippen LogP contribution in [0.25, 0.3) is 0 Å². The van der Waals surface area contributed by atoms with Gasteiger partial charge < -0.3 is 14.2 Å². The number of esters is 2. The lowest BCUT2D eigenvalue weighted by atomic mass is 10.1. The van der Waals surface area contributed by atoms with Crippen molar-refractivity contribution in [2.75, 3.05) is 19.8 Å². The topological polar surface area (TPSA) is 61.8 Å². The van der Waals surface area contributed by atoms with Crippen LogP contribution in [0, 0.1) is 0 Å². The van der Waals surface area contributed by atoms with Crippen LogP contribution in [0.5, 0.6) is 0 Å². The van der Waals surface area contributed by atoms with E-state index in [9.17, 15) is 9.59 Å². The van der Waals surface area contributed by atoms with Gasteiger partial charge in [0.15, 0.2) is 6.10 Å². The zero-order valence-corrected chi connectivity index (χ0v) is 39.5. The first-order chi connectivity index (χ1) is 29.6. The van der Waals surface area contributed by atoms with Gasteiger partial charge in [0.25, 0.3) is 0 Å². The summed E-state index contributed by atoms with van der Waals surface area (Å²) in [6, 6.07) is 0. The highest BCUT2D eigenvalue weighted by molar-refractivity contribution is 5.70.